The van der Waals surface area contributed by atoms with Crippen LogP contribution < -0.4 is 5.32 Å². The third kappa shape index (κ3) is 3.16. The van der Waals surface area contributed by atoms with Crippen molar-refractivity contribution in [2.24, 2.45) is 0 Å². The summed E-state index contributed by atoms with van der Waals surface area (Å²) in [6, 6.07) is 10.8. The zero-order chi connectivity index (χ0) is 15.5. The Morgan fingerprint density at radius 3 is 2.64 bits per heavy atom. The minimum atomic E-state index is -0.282. The van der Waals surface area contributed by atoms with Gasteiger partial charge in [-0.05, 0) is 31.2 Å². The highest BCUT2D eigenvalue weighted by Gasteiger charge is 2.11. The number of amides is 1. The zero-order valence-electron chi connectivity index (χ0n) is 11.7. The van der Waals surface area contributed by atoms with Crippen molar-refractivity contribution in [2.45, 2.75) is 6.92 Å². The SMILES string of the molecule is Cc1nc(-c2ccc(NC(=O)c3cccnc3Cl)cc2)cs1. The predicted octanol–water partition coefficient (Wildman–Crippen LogP) is 4.42. The molecule has 3 aromatic rings. The van der Waals surface area contributed by atoms with E-state index >= 15 is 0 Å². The lowest BCUT2D eigenvalue weighted by Crippen LogP contribution is -2.12. The Morgan fingerprint density at radius 1 is 1.23 bits per heavy atom. The molecule has 22 heavy (non-hydrogen) atoms. The van der Waals surface area contributed by atoms with Gasteiger partial charge in [0.15, 0.2) is 0 Å². The molecule has 0 aliphatic heterocycles. The number of aryl methyl sites for hydroxylation is 1. The Morgan fingerprint density at radius 2 is 2.00 bits per heavy atom. The van der Waals surface area contributed by atoms with E-state index in [-0.39, 0.29) is 11.1 Å². The molecule has 1 aromatic carbocycles. The third-order valence-corrected chi connectivity index (χ3v) is 4.14. The standard InChI is InChI=1S/C16H12ClN3OS/c1-10-19-14(9-22-10)11-4-6-12(7-5-11)20-16(21)13-3-2-8-18-15(13)17/h2-9H,1H3,(H,20,21). The monoisotopic (exact) mass is 329 g/mol. The smallest absolute Gasteiger partial charge is 0.258 e. The second kappa shape index (κ2) is 6.25. The number of aromatic nitrogens is 2. The van der Waals surface area contributed by atoms with Crippen molar-refractivity contribution in [3.05, 3.63) is 63.7 Å². The molecule has 110 valence electrons. The molecule has 0 saturated heterocycles. The molecule has 2 heterocycles. The number of pyridine rings is 1. The van der Waals surface area contributed by atoms with Crippen molar-refractivity contribution in [1.29, 1.82) is 0 Å². The summed E-state index contributed by atoms with van der Waals surface area (Å²) < 4.78 is 0. The Balaban J connectivity index is 1.76. The molecule has 0 atom stereocenters. The van der Waals surface area contributed by atoms with Crippen LogP contribution in [-0.2, 0) is 0 Å². The molecule has 0 spiro atoms. The van der Waals surface area contributed by atoms with E-state index in [4.69, 9.17) is 11.6 Å². The molecule has 3 rings (SSSR count). The van der Waals surface area contributed by atoms with Crippen molar-refractivity contribution in [2.75, 3.05) is 5.32 Å². The minimum absolute atomic E-state index is 0.189. The highest BCUT2D eigenvalue weighted by atomic mass is 35.5. The third-order valence-electron chi connectivity index (χ3n) is 3.06. The number of hydrogen-bond acceptors (Lipinski definition) is 4. The number of thiazole rings is 1. The average Bonchev–Trinajstić information content (AvgIpc) is 2.95. The van der Waals surface area contributed by atoms with Crippen LogP contribution in [0, 0.1) is 6.92 Å². The fraction of sp³-hybridized carbons (Fsp3) is 0.0625. The summed E-state index contributed by atoms with van der Waals surface area (Å²) in [5.41, 5.74) is 3.00. The summed E-state index contributed by atoms with van der Waals surface area (Å²) in [6.07, 6.45) is 1.55. The first-order valence-electron chi connectivity index (χ1n) is 6.58. The predicted molar refractivity (Wildman–Crippen MR) is 89.5 cm³/mol. The zero-order valence-corrected chi connectivity index (χ0v) is 13.3. The van der Waals surface area contributed by atoms with Crippen LogP contribution in [0.2, 0.25) is 5.15 Å². The topological polar surface area (TPSA) is 54.9 Å². The second-order valence-electron chi connectivity index (χ2n) is 4.63. The van der Waals surface area contributed by atoms with Gasteiger partial charge in [0, 0.05) is 22.8 Å². The first kappa shape index (κ1) is 14.7. The average molecular weight is 330 g/mol. The molecule has 0 fully saturated rings. The summed E-state index contributed by atoms with van der Waals surface area (Å²) in [5.74, 6) is -0.282. The van der Waals surface area contributed by atoms with E-state index in [9.17, 15) is 4.79 Å². The van der Waals surface area contributed by atoms with Gasteiger partial charge in [-0.3, -0.25) is 4.79 Å². The van der Waals surface area contributed by atoms with Crippen molar-refractivity contribution >= 4 is 34.5 Å². The molecule has 0 bridgehead atoms. The summed E-state index contributed by atoms with van der Waals surface area (Å²) in [7, 11) is 0. The fourth-order valence-electron chi connectivity index (χ4n) is 1.97. The Kier molecular flexibility index (Phi) is 4.18. The van der Waals surface area contributed by atoms with Crippen LogP contribution in [0.15, 0.2) is 48.0 Å². The summed E-state index contributed by atoms with van der Waals surface area (Å²) in [5, 5.41) is 6.03. The molecule has 6 heteroatoms. The maximum Gasteiger partial charge on any atom is 0.258 e. The number of carbonyl (C=O) groups is 1. The van der Waals surface area contributed by atoms with Gasteiger partial charge in [-0.2, -0.15) is 0 Å². The molecule has 0 aliphatic carbocycles. The Hall–Kier alpha value is -2.24. The quantitative estimate of drug-likeness (QED) is 0.724. The van der Waals surface area contributed by atoms with E-state index in [2.05, 4.69) is 15.3 Å². The Labute approximate surface area is 136 Å². The van der Waals surface area contributed by atoms with Crippen molar-refractivity contribution in [1.82, 2.24) is 9.97 Å². The molecule has 0 unspecified atom stereocenters. The molecule has 0 saturated carbocycles. The van der Waals surface area contributed by atoms with Gasteiger partial charge in [0.2, 0.25) is 0 Å². The van der Waals surface area contributed by atoms with E-state index in [0.29, 0.717) is 11.3 Å². The van der Waals surface area contributed by atoms with Crippen LogP contribution in [0.25, 0.3) is 11.3 Å². The van der Waals surface area contributed by atoms with Gasteiger partial charge < -0.3 is 5.32 Å². The molecule has 2 aromatic heterocycles. The van der Waals surface area contributed by atoms with E-state index in [1.165, 1.54) is 0 Å². The number of nitrogens with zero attached hydrogens (tertiary/aromatic N) is 2. The number of benzene rings is 1. The number of carbonyl (C=O) groups excluding carboxylic acids is 1. The Bertz CT molecular complexity index is 814. The lowest BCUT2D eigenvalue weighted by molar-refractivity contribution is 0.102. The van der Waals surface area contributed by atoms with Gasteiger partial charge in [-0.1, -0.05) is 23.7 Å². The molecule has 4 nitrogen and oxygen atoms in total. The number of hydrogen-bond donors (Lipinski definition) is 1. The van der Waals surface area contributed by atoms with E-state index < -0.39 is 0 Å². The van der Waals surface area contributed by atoms with Gasteiger partial charge in [0.05, 0.1) is 16.3 Å². The first-order valence-corrected chi connectivity index (χ1v) is 7.83. The van der Waals surface area contributed by atoms with Crippen LogP contribution >= 0.6 is 22.9 Å². The van der Waals surface area contributed by atoms with Crippen LogP contribution in [-0.4, -0.2) is 15.9 Å². The highest BCUT2D eigenvalue weighted by molar-refractivity contribution is 7.09. The number of anilines is 1. The number of rotatable bonds is 3. The van der Waals surface area contributed by atoms with Crippen molar-refractivity contribution in [3.63, 3.8) is 0 Å². The largest absolute Gasteiger partial charge is 0.322 e. The van der Waals surface area contributed by atoms with Crippen molar-refractivity contribution < 1.29 is 4.79 Å². The van der Waals surface area contributed by atoms with Gasteiger partial charge in [-0.25, -0.2) is 9.97 Å². The van der Waals surface area contributed by atoms with Crippen LogP contribution in [0.4, 0.5) is 5.69 Å². The lowest BCUT2D eigenvalue weighted by atomic mass is 10.1. The molecular formula is C16H12ClN3OS. The molecule has 1 N–H and O–H groups in total. The van der Waals surface area contributed by atoms with E-state index in [1.807, 2.05) is 36.6 Å². The van der Waals surface area contributed by atoms with Crippen LogP contribution in [0.5, 0.6) is 0 Å². The second-order valence-corrected chi connectivity index (χ2v) is 6.05. The molecule has 0 radical (unpaired) electrons. The van der Waals surface area contributed by atoms with Gasteiger partial charge in [0.1, 0.15) is 5.15 Å². The molecule has 0 aliphatic rings. The van der Waals surface area contributed by atoms with Gasteiger partial charge in [-0.15, -0.1) is 11.3 Å². The summed E-state index contributed by atoms with van der Waals surface area (Å²) in [6.45, 7) is 1.97. The maximum absolute atomic E-state index is 12.1. The highest BCUT2D eigenvalue weighted by Crippen LogP contribution is 2.23. The van der Waals surface area contributed by atoms with E-state index in [1.54, 1.807) is 29.7 Å². The van der Waals surface area contributed by atoms with Crippen molar-refractivity contribution in [3.8, 4) is 11.3 Å². The lowest BCUT2D eigenvalue weighted by Gasteiger charge is -2.06. The minimum Gasteiger partial charge on any atom is -0.322 e. The summed E-state index contributed by atoms with van der Waals surface area (Å²) >= 11 is 7.52. The van der Waals surface area contributed by atoms with Gasteiger partial charge in [0.25, 0.3) is 5.91 Å². The van der Waals surface area contributed by atoms with E-state index in [0.717, 1.165) is 16.3 Å². The maximum atomic E-state index is 12.1. The van der Waals surface area contributed by atoms with Crippen LogP contribution in [0.1, 0.15) is 15.4 Å². The number of halogens is 1. The van der Waals surface area contributed by atoms with Crippen LogP contribution in [0.3, 0.4) is 0 Å². The normalized spacial score (nSPS) is 10.5. The first-order chi connectivity index (χ1) is 10.6. The number of nitrogens with one attached hydrogen (secondary N) is 1. The molecule has 1 amide bonds. The summed E-state index contributed by atoms with van der Waals surface area (Å²) in [4.78, 5) is 20.5. The molecular weight excluding hydrogens is 318 g/mol. The van der Waals surface area contributed by atoms with Gasteiger partial charge >= 0.3 is 0 Å². The fourth-order valence-corrected chi connectivity index (χ4v) is 2.80.